The molecule has 3 aromatic rings. The number of carboxylic acid groups (broad SMARTS) is 1. The Hall–Kier alpha value is -3.61. The number of carbonyl (C=O) groups is 1. The first kappa shape index (κ1) is 17.2. The predicted molar refractivity (Wildman–Crippen MR) is 96.9 cm³/mol. The molecule has 0 radical (unpaired) electrons. The number of aromatic carboxylic acids is 1. The predicted octanol–water partition coefficient (Wildman–Crippen LogP) is 2.58. The Morgan fingerprint density at radius 1 is 1.15 bits per heavy atom. The van der Waals surface area contributed by atoms with E-state index in [2.05, 4.69) is 4.98 Å². The number of methoxy groups -OCH3 is 2. The van der Waals surface area contributed by atoms with E-state index in [9.17, 15) is 9.59 Å². The van der Waals surface area contributed by atoms with Crippen molar-refractivity contribution in [1.82, 2.24) is 9.38 Å². The monoisotopic (exact) mass is 352 g/mol. The number of ether oxygens (including phenoxy) is 2. The first-order chi connectivity index (χ1) is 12.5. The van der Waals surface area contributed by atoms with Crippen LogP contribution in [0, 0.1) is 0 Å². The minimum absolute atomic E-state index is 0.0193. The van der Waals surface area contributed by atoms with Gasteiger partial charge >= 0.3 is 5.97 Å². The fourth-order valence-electron chi connectivity index (χ4n) is 2.55. The molecule has 0 aliphatic heterocycles. The minimum Gasteiger partial charge on any atom is -0.493 e. The van der Waals surface area contributed by atoms with Gasteiger partial charge in [0.1, 0.15) is 5.65 Å². The number of nitrogens with zero attached hydrogens (tertiary/aromatic N) is 2. The van der Waals surface area contributed by atoms with Gasteiger partial charge in [0.25, 0.3) is 5.56 Å². The normalized spacial score (nSPS) is 11.0. The van der Waals surface area contributed by atoms with Crippen LogP contribution in [0.25, 0.3) is 17.8 Å². The Kier molecular flexibility index (Phi) is 4.70. The summed E-state index contributed by atoms with van der Waals surface area (Å²) in [6.45, 7) is 0. The smallest absolute Gasteiger partial charge is 0.337 e. The zero-order valence-electron chi connectivity index (χ0n) is 14.2. The first-order valence-corrected chi connectivity index (χ1v) is 7.69. The van der Waals surface area contributed by atoms with E-state index in [1.54, 1.807) is 32.4 Å². The third-order valence-electron chi connectivity index (χ3n) is 3.79. The van der Waals surface area contributed by atoms with Crippen molar-refractivity contribution in [3.63, 3.8) is 0 Å². The summed E-state index contributed by atoms with van der Waals surface area (Å²) in [5.41, 5.74) is 1.24. The molecule has 1 N–H and O–H groups in total. The van der Waals surface area contributed by atoms with E-state index >= 15 is 0 Å². The average Bonchev–Trinajstić information content (AvgIpc) is 2.65. The highest BCUT2D eigenvalue weighted by atomic mass is 16.5. The fourth-order valence-corrected chi connectivity index (χ4v) is 2.55. The molecule has 0 aliphatic carbocycles. The summed E-state index contributed by atoms with van der Waals surface area (Å²) < 4.78 is 11.8. The van der Waals surface area contributed by atoms with Crippen molar-refractivity contribution >= 4 is 23.8 Å². The molecule has 0 saturated heterocycles. The second-order valence-electron chi connectivity index (χ2n) is 5.39. The summed E-state index contributed by atoms with van der Waals surface area (Å²) in [4.78, 5) is 27.6. The summed E-state index contributed by atoms with van der Waals surface area (Å²) in [6.07, 6.45) is 4.71. The van der Waals surface area contributed by atoms with Crippen LogP contribution in [-0.2, 0) is 0 Å². The third-order valence-corrected chi connectivity index (χ3v) is 3.79. The number of aromatic nitrogens is 2. The maximum Gasteiger partial charge on any atom is 0.337 e. The molecular formula is C19H16N2O5. The molecule has 0 unspecified atom stereocenters. The van der Waals surface area contributed by atoms with Crippen LogP contribution in [0.3, 0.4) is 0 Å². The van der Waals surface area contributed by atoms with Gasteiger partial charge < -0.3 is 14.6 Å². The zero-order valence-corrected chi connectivity index (χ0v) is 14.2. The quantitative estimate of drug-likeness (QED) is 0.759. The molecule has 7 heteroatoms. The lowest BCUT2D eigenvalue weighted by Gasteiger charge is -2.09. The van der Waals surface area contributed by atoms with E-state index in [4.69, 9.17) is 14.6 Å². The van der Waals surface area contributed by atoms with Gasteiger partial charge in [-0.25, -0.2) is 9.78 Å². The highest BCUT2D eigenvalue weighted by molar-refractivity contribution is 5.87. The maximum absolute atomic E-state index is 12.3. The van der Waals surface area contributed by atoms with Crippen LogP contribution in [0.2, 0.25) is 0 Å². The number of hydrogen-bond acceptors (Lipinski definition) is 5. The van der Waals surface area contributed by atoms with Crippen molar-refractivity contribution in [1.29, 1.82) is 0 Å². The molecule has 0 saturated carbocycles. The van der Waals surface area contributed by atoms with Gasteiger partial charge in [0.05, 0.1) is 25.5 Å². The molecule has 26 heavy (non-hydrogen) atoms. The summed E-state index contributed by atoms with van der Waals surface area (Å²) >= 11 is 0. The van der Waals surface area contributed by atoms with Gasteiger partial charge in [0.2, 0.25) is 0 Å². The van der Waals surface area contributed by atoms with Crippen LogP contribution in [0.1, 0.15) is 21.6 Å². The number of carboxylic acids is 1. The van der Waals surface area contributed by atoms with E-state index in [0.29, 0.717) is 22.8 Å². The molecule has 2 aromatic heterocycles. The molecule has 132 valence electrons. The van der Waals surface area contributed by atoms with Gasteiger partial charge in [-0.15, -0.1) is 0 Å². The number of fused-ring (bicyclic) bond motifs is 1. The second kappa shape index (κ2) is 7.10. The van der Waals surface area contributed by atoms with Crippen LogP contribution in [0.5, 0.6) is 11.5 Å². The summed E-state index contributed by atoms with van der Waals surface area (Å²) in [6, 6.07) is 9.71. The molecule has 7 nitrogen and oxygen atoms in total. The van der Waals surface area contributed by atoms with Crippen molar-refractivity contribution in [2.75, 3.05) is 14.2 Å². The van der Waals surface area contributed by atoms with Crippen LogP contribution < -0.4 is 15.0 Å². The maximum atomic E-state index is 12.3. The largest absolute Gasteiger partial charge is 0.493 e. The van der Waals surface area contributed by atoms with Gasteiger partial charge in [-0.3, -0.25) is 9.20 Å². The van der Waals surface area contributed by atoms with Crippen molar-refractivity contribution in [2.24, 2.45) is 0 Å². The lowest BCUT2D eigenvalue weighted by molar-refractivity contribution is 0.0696. The van der Waals surface area contributed by atoms with Crippen LogP contribution in [0.15, 0.2) is 47.4 Å². The molecule has 0 spiro atoms. The fraction of sp³-hybridized carbons (Fsp3) is 0.105. The standard InChI is InChI=1S/C19H16N2O5/c1-25-15-5-3-4-12(18(15)26-2)6-8-14-10-17(22)21-11-13(19(23)24)7-9-16(21)20-14/h3-11H,1-2H3,(H,23,24). The van der Waals surface area contributed by atoms with Crippen LogP contribution in [0.4, 0.5) is 0 Å². The number of pyridine rings is 1. The van der Waals surface area contributed by atoms with Gasteiger partial charge in [-0.2, -0.15) is 0 Å². The highest BCUT2D eigenvalue weighted by Gasteiger charge is 2.08. The SMILES string of the molecule is COc1cccc(C=Cc2cc(=O)n3cc(C(=O)O)ccc3n2)c1OC. The molecule has 0 aliphatic rings. The van der Waals surface area contributed by atoms with E-state index in [1.165, 1.54) is 28.8 Å². The third kappa shape index (κ3) is 3.27. The number of rotatable bonds is 5. The molecule has 0 bridgehead atoms. The van der Waals surface area contributed by atoms with Crippen molar-refractivity contribution in [3.05, 3.63) is 69.8 Å². The Morgan fingerprint density at radius 2 is 1.96 bits per heavy atom. The topological polar surface area (TPSA) is 90.1 Å². The van der Waals surface area contributed by atoms with Crippen LogP contribution >= 0.6 is 0 Å². The highest BCUT2D eigenvalue weighted by Crippen LogP contribution is 2.31. The summed E-state index contributed by atoms with van der Waals surface area (Å²) in [5, 5.41) is 9.02. The molecule has 1 aromatic carbocycles. The minimum atomic E-state index is -1.10. The molecule has 0 atom stereocenters. The Labute approximate surface area is 148 Å². The molecule has 0 fully saturated rings. The summed E-state index contributed by atoms with van der Waals surface area (Å²) in [5.74, 6) is 0.0742. The molecule has 0 amide bonds. The lowest BCUT2D eigenvalue weighted by Crippen LogP contribution is -2.15. The molecule has 2 heterocycles. The van der Waals surface area contributed by atoms with Gasteiger partial charge in [-0.05, 0) is 30.4 Å². The van der Waals surface area contributed by atoms with E-state index in [-0.39, 0.29) is 11.1 Å². The van der Waals surface area contributed by atoms with Gasteiger partial charge in [-0.1, -0.05) is 12.1 Å². The Balaban J connectivity index is 2.02. The van der Waals surface area contributed by atoms with Crippen LogP contribution in [-0.4, -0.2) is 34.7 Å². The average molecular weight is 352 g/mol. The lowest BCUT2D eigenvalue weighted by atomic mass is 10.1. The molecular weight excluding hydrogens is 336 g/mol. The Morgan fingerprint density at radius 3 is 2.65 bits per heavy atom. The number of para-hydroxylation sites is 1. The van der Waals surface area contributed by atoms with E-state index < -0.39 is 5.97 Å². The number of hydrogen-bond donors (Lipinski definition) is 1. The van der Waals surface area contributed by atoms with Crippen molar-refractivity contribution in [3.8, 4) is 11.5 Å². The van der Waals surface area contributed by atoms with Gasteiger partial charge in [0.15, 0.2) is 11.5 Å². The van der Waals surface area contributed by atoms with E-state index in [0.717, 1.165) is 5.56 Å². The van der Waals surface area contributed by atoms with Crippen molar-refractivity contribution < 1.29 is 19.4 Å². The Bertz CT molecular complexity index is 1070. The molecule has 3 rings (SSSR count). The summed E-state index contributed by atoms with van der Waals surface area (Å²) in [7, 11) is 3.11. The number of benzene rings is 1. The first-order valence-electron chi connectivity index (χ1n) is 7.69. The van der Waals surface area contributed by atoms with Gasteiger partial charge in [0, 0.05) is 17.8 Å². The van der Waals surface area contributed by atoms with Crippen molar-refractivity contribution in [2.45, 2.75) is 0 Å². The zero-order chi connectivity index (χ0) is 18.7. The van der Waals surface area contributed by atoms with E-state index in [1.807, 2.05) is 12.1 Å². The second-order valence-corrected chi connectivity index (χ2v) is 5.39.